The van der Waals surface area contributed by atoms with Crippen LogP contribution < -0.4 is 10.1 Å². The van der Waals surface area contributed by atoms with Gasteiger partial charge in [0, 0.05) is 42.6 Å². The Bertz CT molecular complexity index is 972. The summed E-state index contributed by atoms with van der Waals surface area (Å²) in [6.07, 6.45) is 9.02. The number of nitrogens with one attached hydrogen (secondary N) is 2. The number of hydrogen-bond acceptors (Lipinski definition) is 4. The lowest BCUT2D eigenvalue weighted by molar-refractivity contribution is 0.0351. The summed E-state index contributed by atoms with van der Waals surface area (Å²) in [5, 5.41) is 4.27. The molecule has 0 bridgehead atoms. The Morgan fingerprint density at radius 1 is 1.06 bits per heavy atom. The van der Waals surface area contributed by atoms with E-state index in [0.29, 0.717) is 18.2 Å². The Morgan fingerprint density at radius 2 is 1.83 bits per heavy atom. The van der Waals surface area contributed by atoms with Gasteiger partial charge in [-0.05, 0) is 81.6 Å². The molecule has 5 rings (SSSR count). The van der Waals surface area contributed by atoms with E-state index >= 15 is 0 Å². The maximum Gasteiger partial charge on any atom is 0.267 e. The molecule has 6 nitrogen and oxygen atoms in total. The van der Waals surface area contributed by atoms with Crippen LogP contribution in [0, 0.1) is 11.8 Å². The molecule has 202 valence electrons. The first kappa shape index (κ1) is 29.1. The van der Waals surface area contributed by atoms with Crippen molar-refractivity contribution in [3.05, 3.63) is 30.0 Å². The maximum absolute atomic E-state index is 13.0. The smallest absolute Gasteiger partial charge is 0.267 e. The highest BCUT2D eigenvalue weighted by Crippen LogP contribution is 2.32. The molecule has 0 aliphatic carbocycles. The van der Waals surface area contributed by atoms with Crippen molar-refractivity contribution in [2.75, 3.05) is 39.3 Å². The number of aromatic nitrogens is 1. The van der Waals surface area contributed by atoms with Crippen LogP contribution in [0.15, 0.2) is 24.3 Å². The molecule has 0 saturated carbocycles. The third-order valence-electron chi connectivity index (χ3n) is 8.09. The van der Waals surface area contributed by atoms with Crippen LogP contribution in [-0.4, -0.2) is 72.1 Å². The van der Waals surface area contributed by atoms with Gasteiger partial charge in [-0.2, -0.15) is 0 Å². The van der Waals surface area contributed by atoms with Gasteiger partial charge in [0.2, 0.25) is 0 Å². The number of benzene rings is 1. The monoisotopic (exact) mass is 538 g/mol. The van der Waals surface area contributed by atoms with Crippen molar-refractivity contribution < 1.29 is 9.53 Å². The summed E-state index contributed by atoms with van der Waals surface area (Å²) < 4.78 is 5.97. The fraction of sp³-hybridized carbons (Fsp3) is 0.679. The minimum absolute atomic E-state index is 0. The number of ether oxygens (including phenoxy) is 1. The van der Waals surface area contributed by atoms with Gasteiger partial charge in [0.1, 0.15) is 11.4 Å². The number of fused-ring (bicyclic) bond motifs is 2. The minimum Gasteiger partial charge on any atom is -0.493 e. The first-order chi connectivity index (χ1) is 16.6. The molecule has 3 saturated heterocycles. The molecule has 2 N–H and O–H groups in total. The van der Waals surface area contributed by atoms with Gasteiger partial charge in [0.25, 0.3) is 5.91 Å². The number of aromatic amines is 1. The zero-order chi connectivity index (χ0) is 23.5. The molecule has 0 radical (unpaired) electrons. The second-order valence-corrected chi connectivity index (χ2v) is 11.2. The van der Waals surface area contributed by atoms with Crippen LogP contribution >= 0.6 is 24.8 Å². The molecule has 36 heavy (non-hydrogen) atoms. The minimum atomic E-state index is -0.00501. The van der Waals surface area contributed by atoms with Crippen molar-refractivity contribution in [3.63, 3.8) is 0 Å². The van der Waals surface area contributed by atoms with Gasteiger partial charge in [0.05, 0.1) is 6.61 Å². The van der Waals surface area contributed by atoms with Gasteiger partial charge >= 0.3 is 0 Å². The van der Waals surface area contributed by atoms with E-state index in [1.807, 2.05) is 24.3 Å². The van der Waals surface area contributed by atoms with Crippen LogP contribution in [0.25, 0.3) is 10.9 Å². The fourth-order valence-corrected chi connectivity index (χ4v) is 6.28. The average Bonchev–Trinajstić information content (AvgIpc) is 3.29. The average molecular weight is 540 g/mol. The Labute approximate surface area is 228 Å². The number of carbonyl (C=O) groups excluding carboxylic acids is 1. The Morgan fingerprint density at radius 3 is 2.61 bits per heavy atom. The van der Waals surface area contributed by atoms with Crippen molar-refractivity contribution in [1.29, 1.82) is 0 Å². The summed E-state index contributed by atoms with van der Waals surface area (Å²) in [6, 6.07) is 8.97. The molecule has 1 amide bonds. The van der Waals surface area contributed by atoms with Crippen molar-refractivity contribution in [2.45, 2.75) is 70.9 Å². The summed E-state index contributed by atoms with van der Waals surface area (Å²) in [6.45, 7) is 11.0. The highest BCUT2D eigenvalue weighted by molar-refractivity contribution is 5.99. The van der Waals surface area contributed by atoms with Crippen LogP contribution in [0.3, 0.4) is 0 Å². The fourth-order valence-electron chi connectivity index (χ4n) is 6.28. The molecule has 0 spiro atoms. The summed E-state index contributed by atoms with van der Waals surface area (Å²) in [7, 11) is 0. The van der Waals surface area contributed by atoms with Gasteiger partial charge in [0.15, 0.2) is 0 Å². The van der Waals surface area contributed by atoms with Crippen LogP contribution in [0.4, 0.5) is 0 Å². The third kappa shape index (κ3) is 6.89. The molecule has 1 aromatic carbocycles. The van der Waals surface area contributed by atoms with Gasteiger partial charge in [-0.1, -0.05) is 26.3 Å². The van der Waals surface area contributed by atoms with Crippen LogP contribution in [0.2, 0.25) is 0 Å². The maximum atomic E-state index is 13.0. The second-order valence-electron chi connectivity index (χ2n) is 11.2. The molecule has 4 heterocycles. The third-order valence-corrected chi connectivity index (χ3v) is 8.09. The van der Waals surface area contributed by atoms with Crippen molar-refractivity contribution in [1.82, 2.24) is 20.1 Å². The van der Waals surface area contributed by atoms with E-state index in [4.69, 9.17) is 4.74 Å². The molecule has 2 unspecified atom stereocenters. The molecule has 3 aliphatic rings. The molecule has 2 atom stereocenters. The van der Waals surface area contributed by atoms with Gasteiger partial charge in [-0.15, -0.1) is 24.8 Å². The Balaban J connectivity index is 0.00000180. The van der Waals surface area contributed by atoms with Crippen molar-refractivity contribution in [2.24, 2.45) is 11.8 Å². The summed E-state index contributed by atoms with van der Waals surface area (Å²) in [5.74, 6) is 2.13. The molecule has 3 fully saturated rings. The highest BCUT2D eigenvalue weighted by Gasteiger charge is 2.34. The van der Waals surface area contributed by atoms with E-state index in [1.54, 1.807) is 0 Å². The number of rotatable bonds is 7. The lowest BCUT2D eigenvalue weighted by Gasteiger charge is -2.46. The lowest BCUT2D eigenvalue weighted by atomic mass is 9.83. The van der Waals surface area contributed by atoms with Crippen LogP contribution in [0.1, 0.15) is 69.3 Å². The molecular weight excluding hydrogens is 495 g/mol. The van der Waals surface area contributed by atoms with Gasteiger partial charge in [-0.25, -0.2) is 0 Å². The predicted octanol–water partition coefficient (Wildman–Crippen LogP) is 5.51. The number of hydrogen-bond donors (Lipinski definition) is 2. The topological polar surface area (TPSA) is 60.6 Å². The highest BCUT2D eigenvalue weighted by atomic mass is 35.5. The molecule has 1 aromatic heterocycles. The zero-order valence-corrected chi connectivity index (χ0v) is 23.5. The standard InChI is InChI=1S/C28H42N4O2.2ClH/c1-20(2)19-34-27-10-5-8-24-23(27)17-25(30-24)28(33)29-22-11-15-31(16-12-22)18-21-7-6-14-32-13-4-3-9-26(21)32;;/h5,8,10,17,20-22,26,30H,3-4,6-7,9,11-16,18-19H2,1-2H3,(H,29,33);2*1H. The van der Waals surface area contributed by atoms with Gasteiger partial charge < -0.3 is 24.8 Å². The molecule has 3 aliphatic heterocycles. The van der Waals surface area contributed by atoms with E-state index in [0.717, 1.165) is 54.5 Å². The first-order valence-electron chi connectivity index (χ1n) is 13.6. The van der Waals surface area contributed by atoms with E-state index < -0.39 is 0 Å². The van der Waals surface area contributed by atoms with E-state index in [-0.39, 0.29) is 36.8 Å². The van der Waals surface area contributed by atoms with Crippen LogP contribution in [0.5, 0.6) is 5.75 Å². The van der Waals surface area contributed by atoms with E-state index in [2.05, 4.69) is 33.9 Å². The lowest BCUT2D eigenvalue weighted by Crippen LogP contribution is -2.52. The molecule has 2 aromatic rings. The number of piperidine rings is 3. The van der Waals surface area contributed by atoms with E-state index in [9.17, 15) is 4.79 Å². The first-order valence-corrected chi connectivity index (χ1v) is 13.6. The number of H-pyrrole nitrogens is 1. The van der Waals surface area contributed by atoms with Crippen molar-refractivity contribution >= 4 is 41.6 Å². The normalized spacial score (nSPS) is 23.5. The Hall–Kier alpha value is -1.47. The number of likely N-dealkylation sites (tertiary alicyclic amines) is 1. The van der Waals surface area contributed by atoms with Crippen LogP contribution in [-0.2, 0) is 0 Å². The number of nitrogens with zero attached hydrogens (tertiary/aromatic N) is 2. The summed E-state index contributed by atoms with van der Waals surface area (Å²) >= 11 is 0. The Kier molecular flexibility index (Phi) is 10.8. The number of amides is 1. The number of carbonyl (C=O) groups is 1. The zero-order valence-electron chi connectivity index (χ0n) is 21.8. The predicted molar refractivity (Wildman–Crippen MR) is 152 cm³/mol. The molecular formula is C28H44Cl2N4O2. The second kappa shape index (κ2) is 13.4. The number of halogens is 2. The quantitative estimate of drug-likeness (QED) is 0.488. The van der Waals surface area contributed by atoms with Gasteiger partial charge in [-0.3, -0.25) is 4.79 Å². The van der Waals surface area contributed by atoms with Crippen molar-refractivity contribution in [3.8, 4) is 5.75 Å². The van der Waals surface area contributed by atoms with E-state index in [1.165, 1.54) is 51.7 Å². The largest absolute Gasteiger partial charge is 0.493 e. The molecule has 8 heteroatoms. The SMILES string of the molecule is CC(C)COc1cccc2[nH]c(C(=O)NC3CCN(CC4CCCN5CCCCC45)CC3)cc12.Cl.Cl. The summed E-state index contributed by atoms with van der Waals surface area (Å²) in [5.41, 5.74) is 1.57. The summed E-state index contributed by atoms with van der Waals surface area (Å²) in [4.78, 5) is 21.7.